The molecule has 0 unspecified atom stereocenters. The zero-order valence-corrected chi connectivity index (χ0v) is 15.9. The van der Waals surface area contributed by atoms with Crippen molar-refractivity contribution in [3.05, 3.63) is 38.0 Å². The lowest BCUT2D eigenvalue weighted by atomic mass is 10.0. The third-order valence-electron chi connectivity index (χ3n) is 4.22. The minimum atomic E-state index is 0.894. The molecule has 2 heterocycles. The summed E-state index contributed by atoms with van der Waals surface area (Å²) >= 11 is 3.74. The van der Waals surface area contributed by atoms with E-state index in [2.05, 4.69) is 33.1 Å². The van der Waals surface area contributed by atoms with E-state index >= 15 is 0 Å². The Hall–Kier alpha value is -1.40. The molecule has 0 saturated carbocycles. The standard InChI is InChI=1S/C18H26N4S2/c1-19-18(21-12-10-14-6-5-13-23-14)20-11-4-9-17-22-15-7-2-3-8-16(15)24-17/h5-6,13H,2-4,7-12H2,1H3,(H2,19,20,21). The van der Waals surface area contributed by atoms with Crippen LogP contribution in [0.5, 0.6) is 0 Å². The fraction of sp³-hybridized carbons (Fsp3) is 0.556. The highest BCUT2D eigenvalue weighted by Crippen LogP contribution is 2.27. The minimum absolute atomic E-state index is 0.894. The van der Waals surface area contributed by atoms with Gasteiger partial charge in [-0.25, -0.2) is 4.98 Å². The fourth-order valence-corrected chi connectivity index (χ4v) is 4.85. The number of nitrogens with one attached hydrogen (secondary N) is 2. The van der Waals surface area contributed by atoms with E-state index in [1.54, 1.807) is 11.3 Å². The maximum absolute atomic E-state index is 4.81. The minimum Gasteiger partial charge on any atom is -0.356 e. The van der Waals surface area contributed by atoms with Gasteiger partial charge in [0.15, 0.2) is 5.96 Å². The van der Waals surface area contributed by atoms with Gasteiger partial charge in [0.25, 0.3) is 0 Å². The molecule has 0 radical (unpaired) electrons. The number of guanidine groups is 1. The van der Waals surface area contributed by atoms with E-state index in [4.69, 9.17) is 4.98 Å². The van der Waals surface area contributed by atoms with Crippen LogP contribution in [0.4, 0.5) is 0 Å². The van der Waals surface area contributed by atoms with Gasteiger partial charge >= 0.3 is 0 Å². The second-order valence-corrected chi connectivity index (χ2v) is 8.24. The van der Waals surface area contributed by atoms with Crippen molar-refractivity contribution in [2.45, 2.75) is 44.9 Å². The Morgan fingerprint density at radius 2 is 2.08 bits per heavy atom. The number of thiophene rings is 1. The number of nitrogens with zero attached hydrogens (tertiary/aromatic N) is 2. The van der Waals surface area contributed by atoms with Crippen molar-refractivity contribution in [2.75, 3.05) is 20.1 Å². The van der Waals surface area contributed by atoms with Gasteiger partial charge in [-0.3, -0.25) is 4.99 Å². The third-order valence-corrected chi connectivity index (χ3v) is 6.37. The second kappa shape index (κ2) is 9.18. The Bertz CT molecular complexity index is 623. The lowest BCUT2D eigenvalue weighted by Crippen LogP contribution is -2.38. The molecule has 0 atom stereocenters. The van der Waals surface area contributed by atoms with E-state index in [-0.39, 0.29) is 0 Å². The van der Waals surface area contributed by atoms with E-state index in [0.717, 1.165) is 38.3 Å². The molecule has 0 saturated heterocycles. The summed E-state index contributed by atoms with van der Waals surface area (Å²) in [6, 6.07) is 4.28. The van der Waals surface area contributed by atoms with Crippen LogP contribution in [0.25, 0.3) is 0 Å². The number of thiazole rings is 1. The van der Waals surface area contributed by atoms with E-state index in [1.807, 2.05) is 18.4 Å². The van der Waals surface area contributed by atoms with Crippen LogP contribution in [0.3, 0.4) is 0 Å². The van der Waals surface area contributed by atoms with Gasteiger partial charge in [-0.05, 0) is 50.0 Å². The van der Waals surface area contributed by atoms with Gasteiger partial charge in [0, 0.05) is 36.3 Å². The maximum atomic E-state index is 4.81. The van der Waals surface area contributed by atoms with Gasteiger partial charge in [-0.1, -0.05) is 6.07 Å². The molecule has 2 aromatic heterocycles. The molecule has 6 heteroatoms. The van der Waals surface area contributed by atoms with Crippen LogP contribution in [0.2, 0.25) is 0 Å². The van der Waals surface area contributed by atoms with Gasteiger partial charge in [0.05, 0.1) is 10.7 Å². The van der Waals surface area contributed by atoms with Crippen LogP contribution in [-0.4, -0.2) is 31.1 Å². The van der Waals surface area contributed by atoms with Crippen molar-refractivity contribution in [3.8, 4) is 0 Å². The summed E-state index contributed by atoms with van der Waals surface area (Å²) in [5.74, 6) is 0.894. The van der Waals surface area contributed by atoms with E-state index < -0.39 is 0 Å². The molecule has 0 bridgehead atoms. The molecule has 24 heavy (non-hydrogen) atoms. The Morgan fingerprint density at radius 3 is 2.88 bits per heavy atom. The lowest BCUT2D eigenvalue weighted by molar-refractivity contribution is 0.678. The van der Waals surface area contributed by atoms with Crippen LogP contribution in [0.1, 0.15) is 39.7 Å². The van der Waals surface area contributed by atoms with Crippen LogP contribution in [0.15, 0.2) is 22.5 Å². The molecule has 2 aromatic rings. The predicted octanol–water partition coefficient (Wildman–Crippen LogP) is 3.42. The average Bonchev–Trinajstić information content (AvgIpc) is 3.25. The number of fused-ring (bicyclic) bond motifs is 1. The molecule has 0 fully saturated rings. The van der Waals surface area contributed by atoms with Crippen LogP contribution < -0.4 is 10.6 Å². The summed E-state index contributed by atoms with van der Waals surface area (Å²) in [5.41, 5.74) is 1.38. The normalized spacial score (nSPS) is 14.5. The highest BCUT2D eigenvalue weighted by molar-refractivity contribution is 7.11. The fourth-order valence-electron chi connectivity index (χ4n) is 2.94. The molecule has 2 N–H and O–H groups in total. The zero-order valence-electron chi connectivity index (χ0n) is 14.3. The van der Waals surface area contributed by atoms with Crippen molar-refractivity contribution in [1.29, 1.82) is 0 Å². The van der Waals surface area contributed by atoms with E-state index in [0.29, 0.717) is 0 Å². The summed E-state index contributed by atoms with van der Waals surface area (Å²) in [6.07, 6.45) is 8.28. The first-order chi connectivity index (χ1) is 11.8. The number of aryl methyl sites for hydroxylation is 3. The smallest absolute Gasteiger partial charge is 0.190 e. The first-order valence-corrected chi connectivity index (χ1v) is 10.5. The molecule has 130 valence electrons. The monoisotopic (exact) mass is 362 g/mol. The zero-order chi connectivity index (χ0) is 16.6. The summed E-state index contributed by atoms with van der Waals surface area (Å²) in [5, 5.41) is 10.2. The molecule has 0 aromatic carbocycles. The van der Waals surface area contributed by atoms with Crippen molar-refractivity contribution < 1.29 is 0 Å². The van der Waals surface area contributed by atoms with Gasteiger partial charge in [0.2, 0.25) is 0 Å². The highest BCUT2D eigenvalue weighted by atomic mass is 32.1. The van der Waals surface area contributed by atoms with Gasteiger partial charge in [0.1, 0.15) is 0 Å². The van der Waals surface area contributed by atoms with Crippen molar-refractivity contribution in [2.24, 2.45) is 4.99 Å². The van der Waals surface area contributed by atoms with Crippen molar-refractivity contribution in [3.63, 3.8) is 0 Å². The highest BCUT2D eigenvalue weighted by Gasteiger charge is 2.14. The van der Waals surface area contributed by atoms with Crippen molar-refractivity contribution >= 4 is 28.6 Å². The Morgan fingerprint density at radius 1 is 1.21 bits per heavy atom. The SMILES string of the molecule is CN=C(NCCCc1nc2c(s1)CCCC2)NCCc1cccs1. The van der Waals surface area contributed by atoms with E-state index in [9.17, 15) is 0 Å². The summed E-state index contributed by atoms with van der Waals surface area (Å²) in [4.78, 5) is 12.0. The van der Waals surface area contributed by atoms with Gasteiger partial charge in [-0.2, -0.15) is 0 Å². The first-order valence-electron chi connectivity index (χ1n) is 8.79. The molecule has 1 aliphatic rings. The maximum Gasteiger partial charge on any atom is 0.190 e. The molecule has 3 rings (SSSR count). The number of aromatic nitrogens is 1. The molecular formula is C18H26N4S2. The van der Waals surface area contributed by atoms with Gasteiger partial charge < -0.3 is 10.6 Å². The quantitative estimate of drug-likeness (QED) is 0.451. The first kappa shape index (κ1) is 17.4. The molecule has 0 amide bonds. The molecule has 0 aliphatic heterocycles. The van der Waals surface area contributed by atoms with Crippen molar-refractivity contribution in [1.82, 2.24) is 15.6 Å². The molecule has 4 nitrogen and oxygen atoms in total. The number of aliphatic imine (C=N–C) groups is 1. The lowest BCUT2D eigenvalue weighted by Gasteiger charge is -2.11. The van der Waals surface area contributed by atoms with Crippen LogP contribution in [-0.2, 0) is 25.7 Å². The summed E-state index contributed by atoms with van der Waals surface area (Å²) in [6.45, 7) is 1.85. The number of hydrogen-bond acceptors (Lipinski definition) is 4. The molecular weight excluding hydrogens is 336 g/mol. The second-order valence-electron chi connectivity index (χ2n) is 6.04. The van der Waals surface area contributed by atoms with Crippen LogP contribution in [0, 0.1) is 0 Å². The average molecular weight is 363 g/mol. The summed E-state index contributed by atoms with van der Waals surface area (Å²) in [7, 11) is 1.83. The Labute approximate surface area is 152 Å². The largest absolute Gasteiger partial charge is 0.356 e. The Balaban J connectivity index is 1.33. The molecule has 0 spiro atoms. The topological polar surface area (TPSA) is 49.3 Å². The number of hydrogen-bond donors (Lipinski definition) is 2. The van der Waals surface area contributed by atoms with E-state index in [1.165, 1.54) is 46.1 Å². The Kier molecular flexibility index (Phi) is 6.66. The van der Waals surface area contributed by atoms with Gasteiger partial charge in [-0.15, -0.1) is 22.7 Å². The molecule has 1 aliphatic carbocycles. The summed E-state index contributed by atoms with van der Waals surface area (Å²) < 4.78 is 0. The number of rotatable bonds is 7. The predicted molar refractivity (Wildman–Crippen MR) is 104 cm³/mol. The third kappa shape index (κ3) is 5.05. The van der Waals surface area contributed by atoms with Crippen LogP contribution >= 0.6 is 22.7 Å².